The predicted octanol–water partition coefficient (Wildman–Crippen LogP) is 1.44. The molecular formula is C9H16ClNO2. The molecule has 0 aliphatic carbocycles. The molecule has 4 heteroatoms. The Morgan fingerprint density at radius 3 is 1.77 bits per heavy atom. The third-order valence-electron chi connectivity index (χ3n) is 1.71. The monoisotopic (exact) mass is 205 g/mol. The van der Waals surface area contributed by atoms with Crippen molar-refractivity contribution < 1.29 is 9.59 Å². The first-order valence-electron chi connectivity index (χ1n) is 4.33. The molecule has 0 atom stereocenters. The summed E-state index contributed by atoms with van der Waals surface area (Å²) < 4.78 is 0. The number of hydrogen-bond acceptors (Lipinski definition) is 2. The molecule has 0 saturated heterocycles. The highest BCUT2D eigenvalue weighted by atomic mass is 35.5. The Balaban J connectivity index is 4.56. The molecule has 0 N–H and O–H groups in total. The number of Topliss-reactive ketones (excluding diaryl/α,β-unsaturated/α-hetero) is 1. The first-order chi connectivity index (χ1) is 5.91. The molecule has 0 aromatic rings. The standard InChI is InChI=1S/C9H16ClNO2/c1-6(2)11(7(3)4)9(13)8(12)5-10/h6-7H,5H2,1-4H3. The van der Waals surface area contributed by atoms with Gasteiger partial charge in [-0.3, -0.25) is 9.59 Å². The van der Waals surface area contributed by atoms with Crippen LogP contribution in [0.25, 0.3) is 0 Å². The van der Waals surface area contributed by atoms with E-state index in [-0.39, 0.29) is 18.0 Å². The third kappa shape index (κ3) is 3.35. The smallest absolute Gasteiger partial charge is 0.291 e. The average molecular weight is 206 g/mol. The van der Waals surface area contributed by atoms with Crippen LogP contribution in [0.5, 0.6) is 0 Å². The first-order valence-corrected chi connectivity index (χ1v) is 4.86. The molecule has 0 aromatic heterocycles. The topological polar surface area (TPSA) is 37.4 Å². The number of carbonyl (C=O) groups excluding carboxylic acids is 2. The summed E-state index contributed by atoms with van der Waals surface area (Å²) in [5.41, 5.74) is 0. The van der Waals surface area contributed by atoms with Crippen LogP contribution in [0, 0.1) is 0 Å². The van der Waals surface area contributed by atoms with Crippen LogP contribution in [0.2, 0.25) is 0 Å². The zero-order valence-corrected chi connectivity index (χ0v) is 9.26. The highest BCUT2D eigenvalue weighted by Gasteiger charge is 2.25. The van der Waals surface area contributed by atoms with Crippen molar-refractivity contribution in [2.45, 2.75) is 39.8 Å². The lowest BCUT2D eigenvalue weighted by Crippen LogP contribution is -2.46. The van der Waals surface area contributed by atoms with Gasteiger partial charge in [0.15, 0.2) is 0 Å². The number of nitrogens with zero attached hydrogens (tertiary/aromatic N) is 1. The van der Waals surface area contributed by atoms with E-state index >= 15 is 0 Å². The summed E-state index contributed by atoms with van der Waals surface area (Å²) in [6, 6.07) is 0.0549. The van der Waals surface area contributed by atoms with E-state index in [1.54, 1.807) is 0 Å². The van der Waals surface area contributed by atoms with Gasteiger partial charge in [-0.05, 0) is 27.7 Å². The van der Waals surface area contributed by atoms with E-state index in [2.05, 4.69) is 0 Å². The van der Waals surface area contributed by atoms with Crippen LogP contribution in [0.4, 0.5) is 0 Å². The Morgan fingerprint density at radius 2 is 1.54 bits per heavy atom. The van der Waals surface area contributed by atoms with E-state index in [9.17, 15) is 9.59 Å². The van der Waals surface area contributed by atoms with Gasteiger partial charge in [-0.2, -0.15) is 0 Å². The number of ketones is 1. The Hall–Kier alpha value is -0.570. The minimum atomic E-state index is -0.538. The van der Waals surface area contributed by atoms with Crippen LogP contribution >= 0.6 is 11.6 Å². The maximum absolute atomic E-state index is 11.4. The van der Waals surface area contributed by atoms with Gasteiger partial charge < -0.3 is 4.90 Å². The fourth-order valence-electron chi connectivity index (χ4n) is 1.27. The third-order valence-corrected chi connectivity index (χ3v) is 1.95. The van der Waals surface area contributed by atoms with E-state index in [4.69, 9.17) is 11.6 Å². The van der Waals surface area contributed by atoms with Crippen molar-refractivity contribution >= 4 is 23.3 Å². The van der Waals surface area contributed by atoms with Crippen LogP contribution in [0.1, 0.15) is 27.7 Å². The van der Waals surface area contributed by atoms with E-state index in [0.29, 0.717) is 0 Å². The van der Waals surface area contributed by atoms with Crippen molar-refractivity contribution in [3.05, 3.63) is 0 Å². The molecule has 3 nitrogen and oxygen atoms in total. The molecule has 0 aliphatic rings. The number of rotatable bonds is 4. The summed E-state index contributed by atoms with van der Waals surface area (Å²) in [5, 5.41) is 0. The van der Waals surface area contributed by atoms with Crippen LogP contribution < -0.4 is 0 Å². The summed E-state index contributed by atoms with van der Waals surface area (Å²) in [5.74, 6) is -1.27. The molecule has 0 aromatic carbocycles. The molecule has 1 amide bonds. The highest BCUT2D eigenvalue weighted by molar-refractivity contribution is 6.46. The molecule has 0 fully saturated rings. The molecule has 0 saturated carbocycles. The van der Waals surface area contributed by atoms with Crippen LogP contribution in [0.15, 0.2) is 0 Å². The van der Waals surface area contributed by atoms with E-state index in [1.807, 2.05) is 27.7 Å². The second-order valence-corrected chi connectivity index (χ2v) is 3.72. The molecular weight excluding hydrogens is 190 g/mol. The summed E-state index contributed by atoms with van der Waals surface area (Å²) in [4.78, 5) is 24.0. The minimum absolute atomic E-state index is 0.0275. The fourth-order valence-corrected chi connectivity index (χ4v) is 1.38. The van der Waals surface area contributed by atoms with Gasteiger partial charge in [0.05, 0.1) is 5.88 Å². The molecule has 0 unspecified atom stereocenters. The van der Waals surface area contributed by atoms with Gasteiger partial charge in [-0.25, -0.2) is 0 Å². The van der Waals surface area contributed by atoms with Crippen molar-refractivity contribution in [3.8, 4) is 0 Å². The number of alkyl halides is 1. The van der Waals surface area contributed by atoms with Gasteiger partial charge in [0.2, 0.25) is 5.78 Å². The van der Waals surface area contributed by atoms with Gasteiger partial charge in [0.1, 0.15) is 0 Å². The van der Waals surface area contributed by atoms with E-state index in [1.165, 1.54) is 4.90 Å². The van der Waals surface area contributed by atoms with Gasteiger partial charge in [-0.1, -0.05) is 0 Å². The van der Waals surface area contributed by atoms with Crippen LogP contribution in [-0.4, -0.2) is 34.6 Å². The van der Waals surface area contributed by atoms with Crippen LogP contribution in [-0.2, 0) is 9.59 Å². The highest BCUT2D eigenvalue weighted by Crippen LogP contribution is 2.06. The lowest BCUT2D eigenvalue weighted by atomic mass is 10.2. The van der Waals surface area contributed by atoms with Crippen molar-refractivity contribution in [1.82, 2.24) is 4.90 Å². The van der Waals surface area contributed by atoms with Crippen molar-refractivity contribution in [2.75, 3.05) is 5.88 Å². The number of amides is 1. The van der Waals surface area contributed by atoms with Gasteiger partial charge in [0, 0.05) is 12.1 Å². The molecule has 0 bridgehead atoms. The summed E-state index contributed by atoms with van der Waals surface area (Å²) >= 11 is 5.30. The van der Waals surface area contributed by atoms with Gasteiger partial charge in [0.25, 0.3) is 5.91 Å². The maximum atomic E-state index is 11.4. The molecule has 76 valence electrons. The summed E-state index contributed by atoms with van der Waals surface area (Å²) in [6.45, 7) is 7.50. The number of carbonyl (C=O) groups is 2. The van der Waals surface area contributed by atoms with Gasteiger partial charge in [-0.15, -0.1) is 11.6 Å². The van der Waals surface area contributed by atoms with Crippen LogP contribution in [0.3, 0.4) is 0 Å². The van der Waals surface area contributed by atoms with Crippen molar-refractivity contribution in [1.29, 1.82) is 0 Å². The normalized spacial score (nSPS) is 10.7. The molecule has 0 heterocycles. The van der Waals surface area contributed by atoms with E-state index < -0.39 is 11.7 Å². The second-order valence-electron chi connectivity index (χ2n) is 3.46. The molecule has 0 rings (SSSR count). The summed E-state index contributed by atoms with van der Waals surface area (Å²) in [6.07, 6.45) is 0. The predicted molar refractivity (Wildman–Crippen MR) is 52.8 cm³/mol. The summed E-state index contributed by atoms with van der Waals surface area (Å²) in [7, 11) is 0. The molecule has 0 spiro atoms. The van der Waals surface area contributed by atoms with Crippen molar-refractivity contribution in [2.24, 2.45) is 0 Å². The Labute approximate surface area is 84.0 Å². The fraction of sp³-hybridized carbons (Fsp3) is 0.778. The number of halogens is 1. The first kappa shape index (κ1) is 12.4. The Bertz CT molecular complexity index is 194. The number of hydrogen-bond donors (Lipinski definition) is 0. The average Bonchev–Trinajstić information content (AvgIpc) is 2.01. The van der Waals surface area contributed by atoms with E-state index in [0.717, 1.165) is 0 Å². The lowest BCUT2D eigenvalue weighted by molar-refractivity contribution is -0.146. The van der Waals surface area contributed by atoms with Crippen molar-refractivity contribution in [3.63, 3.8) is 0 Å². The molecule has 0 aliphatic heterocycles. The Morgan fingerprint density at radius 1 is 1.15 bits per heavy atom. The molecule has 13 heavy (non-hydrogen) atoms. The maximum Gasteiger partial charge on any atom is 0.291 e. The molecule has 0 radical (unpaired) electrons. The SMILES string of the molecule is CC(C)N(C(=O)C(=O)CCl)C(C)C. The van der Waals surface area contributed by atoms with Gasteiger partial charge >= 0.3 is 0 Å². The zero-order chi connectivity index (χ0) is 10.6. The zero-order valence-electron chi connectivity index (χ0n) is 8.50. The lowest BCUT2D eigenvalue weighted by Gasteiger charge is -2.29. The quantitative estimate of drug-likeness (QED) is 0.515. The minimum Gasteiger partial charge on any atom is -0.331 e. The second kappa shape index (κ2) is 5.22. The largest absolute Gasteiger partial charge is 0.331 e. The Kier molecular flexibility index (Phi) is 4.99.